The van der Waals surface area contributed by atoms with Gasteiger partial charge in [-0.05, 0) is 121 Å². The number of aliphatic imine (C=N–C) groups is 1. The molecule has 2 aliphatic heterocycles. The molecule has 1 aromatic heterocycles. The summed E-state index contributed by atoms with van der Waals surface area (Å²) in [6, 6.07) is 16.8. The highest BCUT2D eigenvalue weighted by atomic mass is 19.1. The fraction of sp³-hybridized carbons (Fsp3) is 0.486. The topological polar surface area (TPSA) is 78.3 Å². The highest BCUT2D eigenvalue weighted by molar-refractivity contribution is 5.90. The molecule has 2 aromatic carbocycles. The lowest BCUT2D eigenvalue weighted by atomic mass is 9.93. The van der Waals surface area contributed by atoms with Crippen LogP contribution in [0, 0.1) is 19.7 Å². The molecule has 0 amide bonds. The van der Waals surface area contributed by atoms with Crippen molar-refractivity contribution in [2.45, 2.75) is 84.8 Å². The van der Waals surface area contributed by atoms with Crippen LogP contribution < -0.4 is 4.74 Å². The molecule has 2 saturated heterocycles. The average molecular weight is 617 g/mol. The lowest BCUT2D eigenvalue weighted by molar-refractivity contribution is 0.0696. The predicted octanol–water partition coefficient (Wildman–Crippen LogP) is 7.97. The second-order valence-corrected chi connectivity index (χ2v) is 12.5. The average Bonchev–Trinajstić information content (AvgIpc) is 3.02. The van der Waals surface area contributed by atoms with Gasteiger partial charge < -0.3 is 14.7 Å². The Morgan fingerprint density at radius 1 is 1.04 bits per heavy atom. The van der Waals surface area contributed by atoms with Gasteiger partial charge in [0.25, 0.3) is 0 Å². The zero-order valence-corrected chi connectivity index (χ0v) is 27.6. The van der Waals surface area contributed by atoms with E-state index in [1.54, 1.807) is 24.3 Å². The molecule has 0 radical (unpaired) electrons. The summed E-state index contributed by atoms with van der Waals surface area (Å²) in [5.41, 5.74) is 5.34. The minimum Gasteiger partial charge on any atom is -0.478 e. The van der Waals surface area contributed by atoms with E-state index >= 15 is 0 Å². The fourth-order valence-electron chi connectivity index (χ4n) is 6.18. The molecule has 0 saturated carbocycles. The molecule has 242 valence electrons. The van der Waals surface area contributed by atoms with Gasteiger partial charge in [0.2, 0.25) is 5.88 Å². The number of likely N-dealkylation sites (tertiary alicyclic amines) is 2. The molecule has 5 rings (SSSR count). The third-order valence-electron chi connectivity index (χ3n) is 8.94. The number of pyridine rings is 1. The molecule has 3 aromatic rings. The quantitative estimate of drug-likeness (QED) is 0.246. The maximum Gasteiger partial charge on any atom is 0.335 e. The van der Waals surface area contributed by atoms with Crippen LogP contribution in [0.3, 0.4) is 0 Å². The number of carboxylic acid groups (broad SMARTS) is 1. The molecule has 8 heteroatoms. The second kappa shape index (κ2) is 16.6. The smallest absolute Gasteiger partial charge is 0.335 e. The van der Waals surface area contributed by atoms with Crippen molar-refractivity contribution in [1.82, 2.24) is 14.8 Å². The van der Waals surface area contributed by atoms with Gasteiger partial charge in [0.15, 0.2) is 0 Å². The molecule has 1 N–H and O–H groups in total. The maximum atomic E-state index is 14.1. The van der Waals surface area contributed by atoms with Crippen LogP contribution in [0.1, 0.15) is 91.0 Å². The number of piperidine rings is 2. The zero-order chi connectivity index (χ0) is 32.3. The Balaban J connectivity index is 0.000000440. The fourth-order valence-corrected chi connectivity index (χ4v) is 6.18. The Morgan fingerprint density at radius 3 is 2.47 bits per heavy atom. The van der Waals surface area contributed by atoms with Crippen LogP contribution in [-0.4, -0.2) is 70.8 Å². The first-order chi connectivity index (χ1) is 21.6. The molecule has 1 unspecified atom stereocenters. The number of hydrogen-bond acceptors (Lipinski definition) is 6. The van der Waals surface area contributed by atoms with Crippen LogP contribution in [-0.2, 0) is 6.61 Å². The minimum atomic E-state index is -0.931. The van der Waals surface area contributed by atoms with E-state index in [1.165, 1.54) is 38.3 Å². The van der Waals surface area contributed by atoms with E-state index in [0.29, 0.717) is 17.4 Å². The van der Waals surface area contributed by atoms with Gasteiger partial charge in [0.1, 0.15) is 12.4 Å². The van der Waals surface area contributed by atoms with Gasteiger partial charge in [0.05, 0.1) is 11.3 Å². The van der Waals surface area contributed by atoms with Gasteiger partial charge in [-0.25, -0.2) is 14.2 Å². The normalized spacial score (nSPS) is 18.3. The van der Waals surface area contributed by atoms with Crippen LogP contribution in [0.5, 0.6) is 5.88 Å². The van der Waals surface area contributed by atoms with Crippen LogP contribution in [0.25, 0.3) is 0 Å². The minimum absolute atomic E-state index is 0.151. The molecule has 2 fully saturated rings. The van der Waals surface area contributed by atoms with E-state index in [-0.39, 0.29) is 18.0 Å². The van der Waals surface area contributed by atoms with Crippen LogP contribution in [0.15, 0.2) is 59.6 Å². The van der Waals surface area contributed by atoms with E-state index in [2.05, 4.69) is 23.8 Å². The number of halogens is 1. The van der Waals surface area contributed by atoms with Crippen molar-refractivity contribution < 1.29 is 19.0 Å². The van der Waals surface area contributed by atoms with Crippen molar-refractivity contribution in [1.29, 1.82) is 0 Å². The summed E-state index contributed by atoms with van der Waals surface area (Å²) >= 11 is 0. The number of nitrogens with zero attached hydrogens (tertiary/aromatic N) is 4. The van der Waals surface area contributed by atoms with Gasteiger partial charge in [-0.3, -0.25) is 9.89 Å². The van der Waals surface area contributed by atoms with Gasteiger partial charge in [-0.2, -0.15) is 0 Å². The summed E-state index contributed by atoms with van der Waals surface area (Å²) in [6.45, 7) is 12.2. The largest absolute Gasteiger partial charge is 0.478 e. The van der Waals surface area contributed by atoms with Crippen molar-refractivity contribution in [3.05, 3.63) is 88.4 Å². The first-order valence-corrected chi connectivity index (χ1v) is 16.3. The zero-order valence-electron chi connectivity index (χ0n) is 27.6. The van der Waals surface area contributed by atoms with Crippen LogP contribution in [0.2, 0.25) is 0 Å². The molecule has 0 aliphatic carbocycles. The van der Waals surface area contributed by atoms with E-state index in [1.807, 2.05) is 45.0 Å². The van der Waals surface area contributed by atoms with E-state index < -0.39 is 5.97 Å². The predicted molar refractivity (Wildman–Crippen MR) is 180 cm³/mol. The summed E-state index contributed by atoms with van der Waals surface area (Å²) in [4.78, 5) is 25.4. The first-order valence-electron chi connectivity index (χ1n) is 16.3. The molecule has 0 spiro atoms. The number of rotatable bonds is 9. The van der Waals surface area contributed by atoms with Gasteiger partial charge in [0, 0.05) is 41.5 Å². The Morgan fingerprint density at radius 2 is 1.82 bits per heavy atom. The lowest BCUT2D eigenvalue weighted by Crippen LogP contribution is -2.36. The third kappa shape index (κ3) is 10.2. The second-order valence-electron chi connectivity index (χ2n) is 12.5. The first kappa shape index (κ1) is 34.3. The summed E-state index contributed by atoms with van der Waals surface area (Å²) in [5, 5.41) is 9.14. The molecule has 0 bridgehead atoms. The molecule has 2 aliphatic rings. The monoisotopic (exact) mass is 616 g/mol. The van der Waals surface area contributed by atoms with E-state index in [9.17, 15) is 9.18 Å². The van der Waals surface area contributed by atoms with Crippen molar-refractivity contribution in [3.63, 3.8) is 0 Å². The lowest BCUT2D eigenvalue weighted by Gasteiger charge is -2.31. The highest BCUT2D eigenvalue weighted by Crippen LogP contribution is 2.28. The number of aryl methyl sites for hydroxylation is 2. The maximum absolute atomic E-state index is 14.1. The van der Waals surface area contributed by atoms with E-state index in [0.717, 1.165) is 66.7 Å². The van der Waals surface area contributed by atoms with Crippen molar-refractivity contribution in [3.8, 4) is 5.88 Å². The number of carboxylic acids is 1. The van der Waals surface area contributed by atoms with Crippen LogP contribution in [0.4, 0.5) is 10.1 Å². The highest BCUT2D eigenvalue weighted by Gasteiger charge is 2.22. The molecular formula is C37H49FN4O3. The number of ether oxygens (including phenoxy) is 1. The summed E-state index contributed by atoms with van der Waals surface area (Å²) in [7, 11) is 2.24. The number of aromatic nitrogens is 1. The van der Waals surface area contributed by atoms with E-state index in [4.69, 9.17) is 19.8 Å². The summed E-state index contributed by atoms with van der Waals surface area (Å²) in [6.07, 6.45) is 7.59. The Kier molecular flexibility index (Phi) is 12.7. The Bertz CT molecular complexity index is 1450. The van der Waals surface area contributed by atoms with Crippen LogP contribution >= 0.6 is 0 Å². The molecule has 3 heterocycles. The van der Waals surface area contributed by atoms with Gasteiger partial charge in [-0.1, -0.05) is 31.5 Å². The third-order valence-corrected chi connectivity index (χ3v) is 8.94. The Labute approximate surface area is 268 Å². The summed E-state index contributed by atoms with van der Waals surface area (Å²) < 4.78 is 19.9. The van der Waals surface area contributed by atoms with Gasteiger partial charge >= 0.3 is 5.97 Å². The van der Waals surface area contributed by atoms with Gasteiger partial charge in [-0.15, -0.1) is 0 Å². The number of benzene rings is 2. The summed E-state index contributed by atoms with van der Waals surface area (Å²) in [5.74, 6) is -0.323. The Hall–Kier alpha value is -3.62. The molecule has 45 heavy (non-hydrogen) atoms. The SMILES string of the molecule is CC(CN1CCC(c2cccc(OCc3ccc(C)cc3F)n2)CC1)=Nc1ccc(C(=O)O)cc1C.CCC1CCCCN1C. The van der Waals surface area contributed by atoms with Crippen molar-refractivity contribution in [2.24, 2.45) is 4.99 Å². The number of hydrogen-bond donors (Lipinski definition) is 1. The number of carbonyl (C=O) groups is 1. The standard InChI is InChI=1S/C29H32FN3O3.C8H17N/c1-19-7-8-24(25(30)15-19)18-36-28-6-4-5-27(32-28)22-11-13-33(14-12-22)17-21(3)31-26-10-9-23(29(34)35)16-20(26)2;1-3-8-6-4-5-7-9(8)2/h4-10,15-16,22H,11-14,17-18H2,1-3H3,(H,34,35);8H,3-7H2,1-2H3. The molecule has 7 nitrogen and oxygen atoms in total. The van der Waals surface area contributed by atoms with Crippen molar-refractivity contribution >= 4 is 17.4 Å². The number of aromatic carboxylic acids is 1. The molecular weight excluding hydrogens is 567 g/mol. The molecule has 1 atom stereocenters. The van der Waals surface area contributed by atoms with Crippen molar-refractivity contribution in [2.75, 3.05) is 33.2 Å².